The maximum absolute atomic E-state index is 12.1. The van der Waals surface area contributed by atoms with Crippen LogP contribution in [0.4, 0.5) is 11.4 Å². The second-order valence-corrected chi connectivity index (χ2v) is 4.75. The van der Waals surface area contributed by atoms with Gasteiger partial charge in [-0.15, -0.1) is 0 Å². The maximum atomic E-state index is 12.1. The number of nitrogens with one attached hydrogen (secondary N) is 1. The predicted octanol–water partition coefficient (Wildman–Crippen LogP) is 1.66. The summed E-state index contributed by atoms with van der Waals surface area (Å²) in [5, 5.41) is 22.3. The molecular formula is C13H14N2O6. The number of carboxylic acids is 1. The molecule has 112 valence electrons. The lowest BCUT2D eigenvalue weighted by molar-refractivity contribution is -0.384. The van der Waals surface area contributed by atoms with Gasteiger partial charge in [0, 0.05) is 18.7 Å². The van der Waals surface area contributed by atoms with E-state index in [0.29, 0.717) is 13.0 Å². The third-order valence-corrected chi connectivity index (χ3v) is 3.42. The fourth-order valence-corrected chi connectivity index (χ4v) is 2.24. The Hall–Kier alpha value is -2.48. The summed E-state index contributed by atoms with van der Waals surface area (Å²) < 4.78 is 5.28. The summed E-state index contributed by atoms with van der Waals surface area (Å²) in [6, 6.07) is 3.23. The van der Waals surface area contributed by atoms with E-state index in [0.717, 1.165) is 18.2 Å². The number of carbonyl (C=O) groups is 2. The number of ether oxygens (including phenoxy) is 1. The van der Waals surface area contributed by atoms with Crippen molar-refractivity contribution in [2.45, 2.75) is 19.4 Å². The van der Waals surface area contributed by atoms with Crippen LogP contribution in [0.1, 0.15) is 23.7 Å². The Balaban J connectivity index is 2.28. The van der Waals surface area contributed by atoms with Gasteiger partial charge in [0.25, 0.3) is 5.69 Å². The molecule has 1 heterocycles. The highest BCUT2D eigenvalue weighted by atomic mass is 16.6. The number of hydrogen-bond donors (Lipinski definition) is 2. The van der Waals surface area contributed by atoms with Crippen LogP contribution in [0.2, 0.25) is 0 Å². The number of aromatic carboxylic acids is 1. The number of nitro benzene ring substituents is 1. The van der Waals surface area contributed by atoms with Gasteiger partial charge in [-0.3, -0.25) is 14.9 Å². The van der Waals surface area contributed by atoms with Crippen LogP contribution in [0.25, 0.3) is 0 Å². The van der Waals surface area contributed by atoms with Crippen molar-refractivity contribution < 1.29 is 24.4 Å². The van der Waals surface area contributed by atoms with Crippen molar-refractivity contribution in [3.8, 4) is 0 Å². The van der Waals surface area contributed by atoms with Crippen LogP contribution in [0, 0.1) is 16.0 Å². The summed E-state index contributed by atoms with van der Waals surface area (Å²) >= 11 is 0. The molecule has 1 aromatic rings. The minimum atomic E-state index is -1.27. The normalized spacial score (nSPS) is 21.0. The van der Waals surface area contributed by atoms with Gasteiger partial charge in [-0.25, -0.2) is 4.79 Å². The second kappa shape index (κ2) is 5.88. The summed E-state index contributed by atoms with van der Waals surface area (Å²) in [5.74, 6) is -2.06. The lowest BCUT2D eigenvalue weighted by atomic mass is 10.0. The van der Waals surface area contributed by atoms with E-state index in [-0.39, 0.29) is 23.0 Å². The first-order valence-electron chi connectivity index (χ1n) is 6.34. The van der Waals surface area contributed by atoms with Gasteiger partial charge in [0.15, 0.2) is 0 Å². The number of hydrogen-bond acceptors (Lipinski definition) is 5. The molecule has 0 saturated carbocycles. The molecule has 0 bridgehead atoms. The van der Waals surface area contributed by atoms with E-state index in [1.807, 2.05) is 0 Å². The highest BCUT2D eigenvalue weighted by Crippen LogP contribution is 2.26. The van der Waals surface area contributed by atoms with Gasteiger partial charge < -0.3 is 15.2 Å². The molecule has 2 unspecified atom stereocenters. The quantitative estimate of drug-likeness (QED) is 0.643. The monoisotopic (exact) mass is 294 g/mol. The van der Waals surface area contributed by atoms with Crippen LogP contribution >= 0.6 is 0 Å². The molecule has 0 radical (unpaired) electrons. The number of non-ortho nitro benzene ring substituents is 1. The van der Waals surface area contributed by atoms with Crippen molar-refractivity contribution in [1.82, 2.24) is 0 Å². The number of nitrogens with zero attached hydrogens (tertiary/aromatic N) is 1. The zero-order valence-electron chi connectivity index (χ0n) is 11.2. The van der Waals surface area contributed by atoms with Gasteiger partial charge in [-0.05, 0) is 19.4 Å². The van der Waals surface area contributed by atoms with Gasteiger partial charge in [0.2, 0.25) is 5.91 Å². The Morgan fingerprint density at radius 3 is 2.71 bits per heavy atom. The molecule has 8 nitrogen and oxygen atoms in total. The average Bonchev–Trinajstić information content (AvgIpc) is 2.84. The minimum Gasteiger partial charge on any atom is -0.478 e. The highest BCUT2D eigenvalue weighted by Gasteiger charge is 2.31. The van der Waals surface area contributed by atoms with E-state index in [2.05, 4.69) is 5.32 Å². The molecule has 0 aromatic heterocycles. The standard InChI is InChI=1S/C13H14N2O6/c1-7-9(4-5-21-7)12(16)14-11-6-8(15(19)20)2-3-10(11)13(17)18/h2-3,6-7,9H,4-5H2,1H3,(H,14,16)(H,17,18). The van der Waals surface area contributed by atoms with Gasteiger partial charge in [-0.1, -0.05) is 0 Å². The Labute approximate surface area is 119 Å². The van der Waals surface area contributed by atoms with Crippen LogP contribution in [0.15, 0.2) is 18.2 Å². The van der Waals surface area contributed by atoms with Crippen LogP contribution in [-0.4, -0.2) is 34.6 Å². The number of rotatable bonds is 4. The first kappa shape index (κ1) is 14.9. The van der Waals surface area contributed by atoms with E-state index in [1.165, 1.54) is 0 Å². The van der Waals surface area contributed by atoms with Crippen molar-refractivity contribution in [2.75, 3.05) is 11.9 Å². The van der Waals surface area contributed by atoms with Gasteiger partial charge in [0.1, 0.15) is 0 Å². The molecule has 8 heteroatoms. The van der Waals surface area contributed by atoms with E-state index in [9.17, 15) is 19.7 Å². The third-order valence-electron chi connectivity index (χ3n) is 3.42. The number of anilines is 1. The Morgan fingerprint density at radius 2 is 2.19 bits per heavy atom. The van der Waals surface area contributed by atoms with Crippen LogP contribution in [0.5, 0.6) is 0 Å². The second-order valence-electron chi connectivity index (χ2n) is 4.75. The minimum absolute atomic E-state index is 0.0826. The van der Waals surface area contributed by atoms with E-state index < -0.39 is 22.7 Å². The Morgan fingerprint density at radius 1 is 1.48 bits per heavy atom. The molecular weight excluding hydrogens is 280 g/mol. The molecule has 1 aliphatic rings. The first-order valence-corrected chi connectivity index (χ1v) is 6.34. The van der Waals surface area contributed by atoms with Crippen molar-refractivity contribution in [1.29, 1.82) is 0 Å². The maximum Gasteiger partial charge on any atom is 0.337 e. The molecule has 1 amide bonds. The van der Waals surface area contributed by atoms with E-state index in [4.69, 9.17) is 9.84 Å². The van der Waals surface area contributed by atoms with E-state index >= 15 is 0 Å². The molecule has 1 saturated heterocycles. The van der Waals surface area contributed by atoms with Gasteiger partial charge >= 0.3 is 5.97 Å². The molecule has 1 aromatic carbocycles. The molecule has 0 spiro atoms. The lowest BCUT2D eigenvalue weighted by Gasteiger charge is -2.15. The van der Waals surface area contributed by atoms with Gasteiger partial charge in [0.05, 0.1) is 28.2 Å². The number of nitro groups is 1. The Kier molecular flexibility index (Phi) is 4.18. The first-order chi connectivity index (χ1) is 9.90. The molecule has 1 fully saturated rings. The van der Waals surface area contributed by atoms with E-state index in [1.54, 1.807) is 6.92 Å². The fourth-order valence-electron chi connectivity index (χ4n) is 2.24. The smallest absolute Gasteiger partial charge is 0.337 e. The number of benzene rings is 1. The highest BCUT2D eigenvalue weighted by molar-refractivity contribution is 6.01. The lowest BCUT2D eigenvalue weighted by Crippen LogP contribution is -2.28. The summed E-state index contributed by atoms with van der Waals surface area (Å²) in [6.45, 7) is 2.21. The van der Waals surface area contributed by atoms with Crippen LogP contribution in [0.3, 0.4) is 0 Å². The largest absolute Gasteiger partial charge is 0.478 e. The molecule has 2 N–H and O–H groups in total. The van der Waals surface area contributed by atoms with Crippen molar-refractivity contribution >= 4 is 23.3 Å². The van der Waals surface area contributed by atoms with Crippen molar-refractivity contribution in [3.05, 3.63) is 33.9 Å². The molecule has 2 rings (SSSR count). The molecule has 0 aliphatic carbocycles. The van der Waals surface area contributed by atoms with Crippen LogP contribution < -0.4 is 5.32 Å². The molecule has 1 aliphatic heterocycles. The SMILES string of the molecule is CC1OCCC1C(=O)Nc1cc([N+](=O)[O-])ccc1C(=O)O. The summed E-state index contributed by atoms with van der Waals surface area (Å²) in [7, 11) is 0. The molecule has 21 heavy (non-hydrogen) atoms. The molecule has 2 atom stereocenters. The van der Waals surface area contributed by atoms with Crippen molar-refractivity contribution in [3.63, 3.8) is 0 Å². The average molecular weight is 294 g/mol. The summed E-state index contributed by atoms with van der Waals surface area (Å²) in [5.41, 5.74) is -0.563. The number of carboxylic acid groups (broad SMARTS) is 1. The zero-order chi connectivity index (χ0) is 15.6. The Bertz CT molecular complexity index is 600. The van der Waals surface area contributed by atoms with Crippen molar-refractivity contribution in [2.24, 2.45) is 5.92 Å². The number of carbonyl (C=O) groups excluding carboxylic acids is 1. The summed E-state index contributed by atoms with van der Waals surface area (Å²) in [4.78, 5) is 33.4. The summed E-state index contributed by atoms with van der Waals surface area (Å²) in [6.07, 6.45) is 0.265. The topological polar surface area (TPSA) is 119 Å². The fraction of sp³-hybridized carbons (Fsp3) is 0.385. The zero-order valence-corrected chi connectivity index (χ0v) is 11.2. The third kappa shape index (κ3) is 3.16. The van der Waals surface area contributed by atoms with Crippen LogP contribution in [-0.2, 0) is 9.53 Å². The number of amides is 1. The predicted molar refractivity (Wildman–Crippen MR) is 72.2 cm³/mol. The van der Waals surface area contributed by atoms with Gasteiger partial charge in [-0.2, -0.15) is 0 Å².